The van der Waals surface area contributed by atoms with Gasteiger partial charge in [0.1, 0.15) is 5.69 Å². The molecule has 2 aromatic rings. The molecule has 1 aliphatic heterocycles. The number of anilines is 1. The van der Waals surface area contributed by atoms with E-state index in [1.54, 1.807) is 13.1 Å². The number of hydrogen-bond donors (Lipinski definition) is 1. The molecule has 0 unspecified atom stereocenters. The summed E-state index contributed by atoms with van der Waals surface area (Å²) in [6.45, 7) is 4.91. The molecule has 1 fully saturated rings. The monoisotopic (exact) mass is 331 g/mol. The highest BCUT2D eigenvalue weighted by atomic mass is 32.1. The van der Waals surface area contributed by atoms with Crippen LogP contribution in [-0.4, -0.2) is 47.4 Å². The zero-order chi connectivity index (χ0) is 16.2. The number of benzene rings is 1. The highest BCUT2D eigenvalue weighted by Crippen LogP contribution is 2.15. The quantitative estimate of drug-likeness (QED) is 0.678. The number of aromatic amines is 1. The number of nitrogens with one attached hydrogen (secondary N) is 1. The third-order valence-corrected chi connectivity index (χ3v) is 3.87. The second kappa shape index (κ2) is 6.84. The summed E-state index contributed by atoms with van der Waals surface area (Å²) in [5.41, 5.74) is 2.03. The minimum atomic E-state index is -0.324. The minimum Gasteiger partial charge on any atom is -0.378 e. The molecule has 0 amide bonds. The van der Waals surface area contributed by atoms with E-state index in [1.165, 1.54) is 0 Å². The molecule has 1 aliphatic rings. The first-order valence-electron chi connectivity index (χ1n) is 7.30. The summed E-state index contributed by atoms with van der Waals surface area (Å²) in [4.78, 5) is 14.2. The third-order valence-electron chi connectivity index (χ3n) is 3.61. The van der Waals surface area contributed by atoms with Gasteiger partial charge in [0.15, 0.2) is 0 Å². The lowest BCUT2D eigenvalue weighted by Gasteiger charge is -2.28. The highest BCUT2D eigenvalue weighted by Gasteiger charge is 2.10. The van der Waals surface area contributed by atoms with E-state index < -0.39 is 0 Å². The van der Waals surface area contributed by atoms with E-state index in [2.05, 4.69) is 20.2 Å². The maximum atomic E-state index is 12.0. The standard InChI is InChI=1S/C15H17N5O2S/c1-11-14(21)20(15(23)18-17-11)16-10-12-2-4-13(5-3-12)19-6-8-22-9-7-19/h2-5,10H,6-9H2,1H3,(H,18,23)/b16-10+. The number of nitrogens with zero attached hydrogens (tertiary/aromatic N) is 4. The van der Waals surface area contributed by atoms with Gasteiger partial charge < -0.3 is 9.64 Å². The molecule has 0 atom stereocenters. The van der Waals surface area contributed by atoms with Gasteiger partial charge in [0.2, 0.25) is 4.77 Å². The fourth-order valence-corrected chi connectivity index (χ4v) is 2.47. The van der Waals surface area contributed by atoms with Gasteiger partial charge >= 0.3 is 0 Å². The van der Waals surface area contributed by atoms with E-state index in [0.717, 1.165) is 42.2 Å². The van der Waals surface area contributed by atoms with Crippen LogP contribution in [0.15, 0.2) is 34.2 Å². The topological polar surface area (TPSA) is 75.5 Å². The number of aromatic nitrogens is 3. The average Bonchev–Trinajstić information content (AvgIpc) is 2.60. The van der Waals surface area contributed by atoms with Crippen molar-refractivity contribution in [3.63, 3.8) is 0 Å². The highest BCUT2D eigenvalue weighted by molar-refractivity contribution is 7.71. The lowest BCUT2D eigenvalue weighted by molar-refractivity contribution is 0.122. The Morgan fingerprint density at radius 1 is 1.30 bits per heavy atom. The molecular formula is C15H17N5O2S. The predicted octanol–water partition coefficient (Wildman–Crippen LogP) is 1.33. The Labute approximate surface area is 138 Å². The predicted molar refractivity (Wildman–Crippen MR) is 90.9 cm³/mol. The molecule has 0 aliphatic carbocycles. The zero-order valence-electron chi connectivity index (χ0n) is 12.7. The lowest BCUT2D eigenvalue weighted by Crippen LogP contribution is -2.36. The van der Waals surface area contributed by atoms with Crippen LogP contribution in [0.1, 0.15) is 11.3 Å². The molecule has 1 aromatic carbocycles. The van der Waals surface area contributed by atoms with Gasteiger partial charge in [-0.2, -0.15) is 14.9 Å². The van der Waals surface area contributed by atoms with Crippen LogP contribution in [0, 0.1) is 11.7 Å². The van der Waals surface area contributed by atoms with Crippen LogP contribution in [-0.2, 0) is 4.74 Å². The number of hydrogen-bond acceptors (Lipinski definition) is 6. The van der Waals surface area contributed by atoms with Crippen molar-refractivity contribution in [2.24, 2.45) is 5.10 Å². The number of ether oxygens (including phenoxy) is 1. The van der Waals surface area contributed by atoms with E-state index >= 15 is 0 Å². The average molecular weight is 331 g/mol. The van der Waals surface area contributed by atoms with Crippen LogP contribution >= 0.6 is 12.2 Å². The van der Waals surface area contributed by atoms with E-state index in [-0.39, 0.29) is 10.3 Å². The maximum absolute atomic E-state index is 12.0. The number of H-pyrrole nitrogens is 1. The van der Waals surface area contributed by atoms with Crippen molar-refractivity contribution >= 4 is 24.1 Å². The first-order valence-corrected chi connectivity index (χ1v) is 7.71. The van der Waals surface area contributed by atoms with Crippen LogP contribution in [0.2, 0.25) is 0 Å². The molecule has 23 heavy (non-hydrogen) atoms. The summed E-state index contributed by atoms with van der Waals surface area (Å²) in [6, 6.07) is 7.99. The summed E-state index contributed by atoms with van der Waals surface area (Å²) in [6.07, 6.45) is 1.60. The van der Waals surface area contributed by atoms with Crippen LogP contribution < -0.4 is 10.5 Å². The molecule has 120 valence electrons. The second-order valence-corrected chi connectivity index (χ2v) is 5.55. The summed E-state index contributed by atoms with van der Waals surface area (Å²) in [5.74, 6) is 0. The van der Waals surface area contributed by atoms with Gasteiger partial charge in [0.25, 0.3) is 5.56 Å². The molecule has 3 rings (SSSR count). The maximum Gasteiger partial charge on any atom is 0.296 e. The lowest BCUT2D eigenvalue weighted by atomic mass is 10.2. The molecule has 8 heteroatoms. The first kappa shape index (κ1) is 15.6. The van der Waals surface area contributed by atoms with Gasteiger partial charge in [-0.3, -0.25) is 9.89 Å². The molecule has 0 radical (unpaired) electrons. The van der Waals surface area contributed by atoms with Crippen LogP contribution in [0.3, 0.4) is 0 Å². The Balaban J connectivity index is 1.80. The Morgan fingerprint density at radius 3 is 2.70 bits per heavy atom. The third kappa shape index (κ3) is 3.54. The van der Waals surface area contributed by atoms with Crippen LogP contribution in [0.25, 0.3) is 0 Å². The Kier molecular flexibility index (Phi) is 4.63. The Morgan fingerprint density at radius 2 is 2.00 bits per heavy atom. The molecule has 0 saturated carbocycles. The molecule has 2 heterocycles. The Bertz CT molecular complexity index is 819. The van der Waals surface area contributed by atoms with E-state index in [4.69, 9.17) is 17.0 Å². The zero-order valence-corrected chi connectivity index (χ0v) is 13.5. The molecule has 1 aromatic heterocycles. The molecule has 1 N–H and O–H groups in total. The molecule has 0 spiro atoms. The fourth-order valence-electron chi connectivity index (χ4n) is 2.29. The molecule has 1 saturated heterocycles. The minimum absolute atomic E-state index is 0.168. The van der Waals surface area contributed by atoms with Crippen molar-refractivity contribution in [2.45, 2.75) is 6.92 Å². The normalized spacial score (nSPS) is 15.3. The summed E-state index contributed by atoms with van der Waals surface area (Å²) in [5, 5.41) is 10.5. The van der Waals surface area contributed by atoms with Crippen molar-refractivity contribution in [3.05, 3.63) is 50.6 Å². The second-order valence-electron chi connectivity index (χ2n) is 5.17. The fraction of sp³-hybridized carbons (Fsp3) is 0.333. The van der Waals surface area contributed by atoms with Crippen molar-refractivity contribution in [1.29, 1.82) is 0 Å². The summed E-state index contributed by atoms with van der Waals surface area (Å²) < 4.78 is 6.65. The van der Waals surface area contributed by atoms with Crippen molar-refractivity contribution in [3.8, 4) is 0 Å². The molecule has 7 nitrogen and oxygen atoms in total. The smallest absolute Gasteiger partial charge is 0.296 e. The summed E-state index contributed by atoms with van der Waals surface area (Å²) in [7, 11) is 0. The molecular weight excluding hydrogens is 314 g/mol. The number of morpholine rings is 1. The van der Waals surface area contributed by atoms with Gasteiger partial charge in [0.05, 0.1) is 19.4 Å². The van der Waals surface area contributed by atoms with Gasteiger partial charge in [-0.25, -0.2) is 0 Å². The van der Waals surface area contributed by atoms with Crippen LogP contribution in [0.5, 0.6) is 0 Å². The van der Waals surface area contributed by atoms with Gasteiger partial charge in [-0.15, -0.1) is 0 Å². The van der Waals surface area contributed by atoms with Gasteiger partial charge in [-0.05, 0) is 36.8 Å². The van der Waals surface area contributed by atoms with Crippen LogP contribution in [0.4, 0.5) is 5.69 Å². The van der Waals surface area contributed by atoms with Gasteiger partial charge in [-0.1, -0.05) is 12.1 Å². The van der Waals surface area contributed by atoms with Crippen molar-refractivity contribution < 1.29 is 4.74 Å². The van der Waals surface area contributed by atoms with E-state index in [0.29, 0.717) is 5.69 Å². The van der Waals surface area contributed by atoms with E-state index in [9.17, 15) is 4.79 Å². The number of rotatable bonds is 3. The first-order chi connectivity index (χ1) is 11.1. The number of aryl methyl sites for hydroxylation is 1. The SMILES string of the molecule is Cc1n[nH]c(=S)n(/N=C/c2ccc(N3CCOCC3)cc2)c1=O. The van der Waals surface area contributed by atoms with Crippen molar-refractivity contribution in [2.75, 3.05) is 31.2 Å². The Hall–Kier alpha value is -2.32. The largest absolute Gasteiger partial charge is 0.378 e. The molecule has 0 bridgehead atoms. The van der Waals surface area contributed by atoms with Gasteiger partial charge in [0, 0.05) is 18.8 Å². The van der Waals surface area contributed by atoms with E-state index in [1.807, 2.05) is 24.3 Å². The summed E-state index contributed by atoms with van der Waals surface area (Å²) >= 11 is 5.03. The van der Waals surface area contributed by atoms with Crippen molar-refractivity contribution in [1.82, 2.24) is 14.9 Å².